The Morgan fingerprint density at radius 1 is 1.62 bits per heavy atom. The van der Waals surface area contributed by atoms with Gasteiger partial charge in [0, 0.05) is 19.0 Å². The van der Waals surface area contributed by atoms with Crippen molar-refractivity contribution in [2.45, 2.75) is 13.3 Å². The van der Waals surface area contributed by atoms with E-state index in [1.807, 2.05) is 0 Å². The monoisotopic (exact) mass is 180 g/mol. The summed E-state index contributed by atoms with van der Waals surface area (Å²) in [6, 6.07) is 0. The first-order chi connectivity index (χ1) is 3.85. The van der Waals surface area contributed by atoms with Crippen molar-refractivity contribution < 1.29 is 4.74 Å². The van der Waals surface area contributed by atoms with Crippen molar-refractivity contribution in [2.75, 3.05) is 19.0 Å². The molecule has 0 N–H and O–H groups in total. The Labute approximate surface area is 59.5 Å². The van der Waals surface area contributed by atoms with E-state index >= 15 is 0 Å². The Balaban J connectivity index is 3.07. The van der Waals surface area contributed by atoms with E-state index in [4.69, 9.17) is 4.74 Å². The predicted octanol–water partition coefficient (Wildman–Crippen LogP) is 2.05. The molecule has 0 amide bonds. The maximum absolute atomic E-state index is 4.96. The first-order valence-electron chi connectivity index (χ1n) is 2.90. The van der Waals surface area contributed by atoms with Crippen molar-refractivity contribution >= 4 is 15.9 Å². The number of ether oxygens (including phenoxy) is 1. The molecule has 1 unspecified atom stereocenters. The Morgan fingerprint density at radius 2 is 2.25 bits per heavy atom. The first-order valence-corrected chi connectivity index (χ1v) is 4.02. The summed E-state index contributed by atoms with van der Waals surface area (Å²) in [5, 5.41) is 1.05. The topological polar surface area (TPSA) is 9.23 Å². The molecule has 0 saturated heterocycles. The predicted molar refractivity (Wildman–Crippen MR) is 39.5 cm³/mol. The number of rotatable bonds is 4. The molecule has 0 aliphatic heterocycles. The molecular formula is C6H13BrO. The van der Waals surface area contributed by atoms with Gasteiger partial charge in [0.2, 0.25) is 0 Å². The fraction of sp³-hybridized carbons (Fsp3) is 1.00. The minimum Gasteiger partial charge on any atom is -0.384 e. The molecule has 50 valence electrons. The highest BCUT2D eigenvalue weighted by atomic mass is 79.9. The van der Waals surface area contributed by atoms with E-state index in [9.17, 15) is 0 Å². The van der Waals surface area contributed by atoms with Crippen molar-refractivity contribution in [3.05, 3.63) is 0 Å². The van der Waals surface area contributed by atoms with Gasteiger partial charge in [0.25, 0.3) is 0 Å². The van der Waals surface area contributed by atoms with Gasteiger partial charge in [-0.15, -0.1) is 0 Å². The molecule has 0 aliphatic carbocycles. The van der Waals surface area contributed by atoms with Crippen LogP contribution in [0.1, 0.15) is 13.3 Å². The van der Waals surface area contributed by atoms with Crippen molar-refractivity contribution in [1.29, 1.82) is 0 Å². The van der Waals surface area contributed by atoms with Gasteiger partial charge in [-0.25, -0.2) is 0 Å². The minimum absolute atomic E-state index is 0.694. The van der Waals surface area contributed by atoms with Crippen LogP contribution in [-0.4, -0.2) is 19.0 Å². The Hall–Kier alpha value is 0.440. The molecule has 0 spiro atoms. The summed E-state index contributed by atoms with van der Waals surface area (Å²) in [6.45, 7) is 3.05. The van der Waals surface area contributed by atoms with Crippen LogP contribution in [0.25, 0.3) is 0 Å². The lowest BCUT2D eigenvalue weighted by Gasteiger charge is -2.07. The van der Waals surface area contributed by atoms with Crippen LogP contribution in [0.5, 0.6) is 0 Å². The molecular weight excluding hydrogens is 168 g/mol. The zero-order chi connectivity index (χ0) is 6.41. The van der Waals surface area contributed by atoms with E-state index in [-0.39, 0.29) is 0 Å². The normalized spacial score (nSPS) is 13.9. The van der Waals surface area contributed by atoms with E-state index in [0.29, 0.717) is 5.92 Å². The SMILES string of the molecule is CCC(CBr)COC. The highest BCUT2D eigenvalue weighted by Crippen LogP contribution is 2.05. The molecule has 0 aromatic rings. The van der Waals surface area contributed by atoms with E-state index in [1.54, 1.807) is 7.11 Å². The standard InChI is InChI=1S/C6H13BrO/c1-3-6(4-7)5-8-2/h6H,3-5H2,1-2H3. The highest BCUT2D eigenvalue weighted by molar-refractivity contribution is 9.09. The summed E-state index contributed by atoms with van der Waals surface area (Å²) in [5.41, 5.74) is 0. The van der Waals surface area contributed by atoms with Crippen LogP contribution in [0, 0.1) is 5.92 Å². The molecule has 0 saturated carbocycles. The van der Waals surface area contributed by atoms with Crippen LogP contribution in [-0.2, 0) is 4.74 Å². The van der Waals surface area contributed by atoms with Gasteiger partial charge in [0.05, 0.1) is 0 Å². The molecule has 0 radical (unpaired) electrons. The summed E-state index contributed by atoms with van der Waals surface area (Å²) in [6.07, 6.45) is 1.19. The second-order valence-corrected chi connectivity index (χ2v) is 2.53. The van der Waals surface area contributed by atoms with Gasteiger partial charge < -0.3 is 4.74 Å². The Kier molecular flexibility index (Phi) is 5.88. The fourth-order valence-electron chi connectivity index (χ4n) is 0.507. The molecule has 2 heteroatoms. The van der Waals surface area contributed by atoms with Gasteiger partial charge in [-0.05, 0) is 5.92 Å². The Morgan fingerprint density at radius 3 is 2.38 bits per heavy atom. The number of alkyl halides is 1. The fourth-order valence-corrected chi connectivity index (χ4v) is 1.15. The third-order valence-corrected chi connectivity index (χ3v) is 2.11. The van der Waals surface area contributed by atoms with Crippen molar-refractivity contribution in [3.63, 3.8) is 0 Å². The third-order valence-electron chi connectivity index (χ3n) is 1.20. The smallest absolute Gasteiger partial charge is 0.0498 e. The lowest BCUT2D eigenvalue weighted by molar-refractivity contribution is 0.160. The Bertz CT molecular complexity index is 43.8. The number of methoxy groups -OCH3 is 1. The molecule has 0 fully saturated rings. The molecule has 8 heavy (non-hydrogen) atoms. The lowest BCUT2D eigenvalue weighted by atomic mass is 10.1. The van der Waals surface area contributed by atoms with Crippen LogP contribution < -0.4 is 0 Å². The maximum atomic E-state index is 4.96. The highest BCUT2D eigenvalue weighted by Gasteiger charge is 2.00. The van der Waals surface area contributed by atoms with Crippen molar-refractivity contribution in [2.24, 2.45) is 5.92 Å². The second kappa shape index (κ2) is 5.57. The molecule has 1 nitrogen and oxygen atoms in total. The number of halogens is 1. The summed E-state index contributed by atoms with van der Waals surface area (Å²) >= 11 is 3.40. The van der Waals surface area contributed by atoms with Gasteiger partial charge in [-0.1, -0.05) is 29.3 Å². The van der Waals surface area contributed by atoms with E-state index < -0.39 is 0 Å². The average Bonchev–Trinajstić information content (AvgIpc) is 1.83. The summed E-state index contributed by atoms with van der Waals surface area (Å²) in [7, 11) is 1.74. The number of hydrogen-bond acceptors (Lipinski definition) is 1. The van der Waals surface area contributed by atoms with Gasteiger partial charge >= 0.3 is 0 Å². The first kappa shape index (κ1) is 8.44. The second-order valence-electron chi connectivity index (χ2n) is 1.88. The molecule has 0 heterocycles. The van der Waals surface area contributed by atoms with Crippen molar-refractivity contribution in [3.8, 4) is 0 Å². The molecule has 0 rings (SSSR count). The minimum atomic E-state index is 0.694. The number of hydrogen-bond donors (Lipinski definition) is 0. The average molecular weight is 181 g/mol. The van der Waals surface area contributed by atoms with Gasteiger partial charge in [0.1, 0.15) is 0 Å². The van der Waals surface area contributed by atoms with Crippen LogP contribution in [0.2, 0.25) is 0 Å². The van der Waals surface area contributed by atoms with Gasteiger partial charge in [-0.2, -0.15) is 0 Å². The summed E-state index contributed by atoms with van der Waals surface area (Å²) < 4.78 is 4.96. The quantitative estimate of drug-likeness (QED) is 0.603. The molecule has 0 aromatic heterocycles. The molecule has 0 aromatic carbocycles. The van der Waals surface area contributed by atoms with Gasteiger partial charge in [0.15, 0.2) is 0 Å². The maximum Gasteiger partial charge on any atom is 0.0498 e. The summed E-state index contributed by atoms with van der Waals surface area (Å²) in [5.74, 6) is 0.694. The lowest BCUT2D eigenvalue weighted by Crippen LogP contribution is -2.07. The van der Waals surface area contributed by atoms with Gasteiger partial charge in [-0.3, -0.25) is 0 Å². The largest absolute Gasteiger partial charge is 0.384 e. The van der Waals surface area contributed by atoms with E-state index in [1.165, 1.54) is 6.42 Å². The van der Waals surface area contributed by atoms with E-state index in [2.05, 4.69) is 22.9 Å². The molecule has 0 aliphatic rings. The van der Waals surface area contributed by atoms with E-state index in [0.717, 1.165) is 11.9 Å². The van der Waals surface area contributed by atoms with Crippen LogP contribution in [0.4, 0.5) is 0 Å². The van der Waals surface area contributed by atoms with Crippen LogP contribution >= 0.6 is 15.9 Å². The summed E-state index contributed by atoms with van der Waals surface area (Å²) in [4.78, 5) is 0. The molecule has 1 atom stereocenters. The van der Waals surface area contributed by atoms with Crippen LogP contribution in [0.3, 0.4) is 0 Å². The molecule has 0 bridgehead atoms. The third kappa shape index (κ3) is 3.44. The van der Waals surface area contributed by atoms with Crippen molar-refractivity contribution in [1.82, 2.24) is 0 Å². The zero-order valence-electron chi connectivity index (χ0n) is 5.48. The zero-order valence-corrected chi connectivity index (χ0v) is 7.07. The van der Waals surface area contributed by atoms with Crippen LogP contribution in [0.15, 0.2) is 0 Å².